The second kappa shape index (κ2) is 25.2. The number of phenolic OH excluding ortho intramolecular Hbond substituents is 2. The number of hydrogen-bond acceptors (Lipinski definition) is 17. The van der Waals surface area contributed by atoms with Gasteiger partial charge in [0.15, 0.2) is 17.3 Å². The zero-order valence-electron chi connectivity index (χ0n) is 44.0. The van der Waals surface area contributed by atoms with Crippen molar-refractivity contribution in [2.24, 2.45) is 5.92 Å². The number of benzene rings is 4. The van der Waals surface area contributed by atoms with Crippen LogP contribution in [0.15, 0.2) is 91.3 Å². The molecule has 21 heteroatoms. The lowest BCUT2D eigenvalue weighted by Crippen LogP contribution is -2.51. The van der Waals surface area contributed by atoms with E-state index in [0.717, 1.165) is 61.6 Å². The van der Waals surface area contributed by atoms with Gasteiger partial charge in [-0.3, -0.25) is 35.3 Å². The number of carbonyl (C=O) groups excluding carboxylic acids is 2. The minimum absolute atomic E-state index is 0.0398. The highest BCUT2D eigenvalue weighted by atomic mass is 16.6. The number of rotatable bonds is 19. The number of piperidine rings is 1. The van der Waals surface area contributed by atoms with E-state index in [2.05, 4.69) is 58.2 Å². The third-order valence-electron chi connectivity index (χ3n) is 13.6. The van der Waals surface area contributed by atoms with Gasteiger partial charge in [-0.2, -0.15) is 15.8 Å². The van der Waals surface area contributed by atoms with Crippen LogP contribution < -0.4 is 40.2 Å². The Hall–Kier alpha value is -8.74. The van der Waals surface area contributed by atoms with Crippen LogP contribution >= 0.6 is 0 Å². The molecule has 402 valence electrons. The number of anilines is 4. The van der Waals surface area contributed by atoms with Gasteiger partial charge in [0, 0.05) is 75.2 Å². The molecule has 2 amide bonds. The van der Waals surface area contributed by atoms with Crippen molar-refractivity contribution in [2.75, 3.05) is 81.2 Å². The van der Waals surface area contributed by atoms with E-state index in [1.807, 2.05) is 74.2 Å². The van der Waals surface area contributed by atoms with Gasteiger partial charge in [0.2, 0.25) is 5.91 Å². The van der Waals surface area contributed by atoms with Crippen molar-refractivity contribution in [1.82, 2.24) is 40.8 Å². The number of ether oxygens (including phenoxy) is 2. The molecule has 4 aromatic carbocycles. The minimum atomic E-state index is -0.668. The Bertz CT molecular complexity index is 3090. The van der Waals surface area contributed by atoms with Crippen LogP contribution in [0.4, 0.5) is 23.0 Å². The maximum Gasteiger partial charge on any atom is 0.287 e. The fourth-order valence-corrected chi connectivity index (χ4v) is 9.43. The number of nitrogens with zero attached hydrogens (tertiary/aromatic N) is 8. The number of aromatic nitrogens is 4. The molecule has 21 nitrogen and oxygen atoms in total. The van der Waals surface area contributed by atoms with Crippen LogP contribution in [0.3, 0.4) is 0 Å². The molecular formula is C56H66N14O7. The van der Waals surface area contributed by atoms with Crippen LogP contribution in [0, 0.1) is 35.0 Å². The van der Waals surface area contributed by atoms with Crippen molar-refractivity contribution in [3.05, 3.63) is 119 Å². The molecule has 6 aromatic rings. The van der Waals surface area contributed by atoms with Gasteiger partial charge in [0.1, 0.15) is 46.5 Å². The quantitative estimate of drug-likeness (QED) is 0.0172. The number of aryl methyl sites for hydroxylation is 1. The third kappa shape index (κ3) is 13.2. The van der Waals surface area contributed by atoms with E-state index in [-0.39, 0.29) is 46.3 Å². The van der Waals surface area contributed by atoms with E-state index in [0.29, 0.717) is 91.4 Å². The summed E-state index contributed by atoms with van der Waals surface area (Å²) >= 11 is 0. The number of methoxy groups -OCH3 is 1. The molecule has 8 rings (SSSR count). The maximum atomic E-state index is 13.8. The highest BCUT2D eigenvalue weighted by molar-refractivity contribution is 6.48. The number of piperazine rings is 1. The predicted octanol–water partition coefficient (Wildman–Crippen LogP) is 7.19. The number of amides is 2. The minimum Gasteiger partial charge on any atom is -0.508 e. The highest BCUT2D eigenvalue weighted by Gasteiger charge is 2.32. The summed E-state index contributed by atoms with van der Waals surface area (Å²) in [7, 11) is 1.60. The summed E-state index contributed by atoms with van der Waals surface area (Å²) in [5, 5.41) is 61.1. The topological polar surface area (TPSA) is 277 Å². The lowest BCUT2D eigenvalue weighted by molar-refractivity contribution is -0.137. The van der Waals surface area contributed by atoms with Gasteiger partial charge in [-0.05, 0) is 117 Å². The van der Waals surface area contributed by atoms with Crippen LogP contribution in [-0.4, -0.2) is 130 Å². The fourth-order valence-electron chi connectivity index (χ4n) is 9.43. The highest BCUT2D eigenvalue weighted by Crippen LogP contribution is 2.39. The summed E-state index contributed by atoms with van der Waals surface area (Å²) in [4.78, 5) is 48.7. The third-order valence-corrected chi connectivity index (χ3v) is 13.6. The van der Waals surface area contributed by atoms with Gasteiger partial charge in [-0.25, -0.2) is 9.97 Å². The zero-order valence-corrected chi connectivity index (χ0v) is 44.0. The number of likely N-dealkylation sites (tertiary alicyclic amines) is 1. The number of aromatic hydroxyl groups is 2. The normalized spacial score (nSPS) is 13.9. The number of likely N-dealkylation sites (N-methyl/N-ethyl adjacent to an activating group) is 1. The molecule has 0 saturated carbocycles. The van der Waals surface area contributed by atoms with Gasteiger partial charge in [-0.15, -0.1) is 0 Å². The summed E-state index contributed by atoms with van der Waals surface area (Å²) in [5.41, 5.74) is 8.76. The Morgan fingerprint density at radius 3 is 2.34 bits per heavy atom. The number of amidine groups is 2. The van der Waals surface area contributed by atoms with Gasteiger partial charge in [0.05, 0.1) is 42.9 Å². The molecule has 4 heterocycles. The Balaban J connectivity index is 0.763. The molecule has 0 spiro atoms. The van der Waals surface area contributed by atoms with Gasteiger partial charge >= 0.3 is 0 Å². The first-order valence-electron chi connectivity index (χ1n) is 25.8. The smallest absolute Gasteiger partial charge is 0.287 e. The Morgan fingerprint density at radius 2 is 1.66 bits per heavy atom. The molecule has 0 bridgehead atoms. The number of carbonyl (C=O) groups is 2. The standard InChI is InChI=1S/C56H66N14O7/c1-6-60-55(73)54(59)70(53(58)43-28-42(35(2)3)45(71)30-46(43)72)40-13-11-37(12-14-40)34-67-20-17-38(18-21-67)56(74)69-24-22-68(23-25-69)41-15-16-47(36(4)27-41)77-63-19-8-26-76-49-10-7-9-48(75-5)52(49)44-29-50(66-65-44)64-51-33-61-39(31-57)32-62-51/h7,9-16,27-30,32-33,35,38,58-59,63,71-72H,6,8,17-26,34H2,1-5H3,(H,60,73)(H2,62,64,65,66). The molecular weight excluding hydrogens is 981 g/mol. The van der Waals surface area contributed by atoms with Crippen LogP contribution in [0.25, 0.3) is 11.3 Å². The number of phenols is 2. The van der Waals surface area contributed by atoms with Crippen LogP contribution in [0.5, 0.6) is 28.7 Å². The molecule has 0 aliphatic carbocycles. The Kier molecular flexibility index (Phi) is 17.8. The van der Waals surface area contributed by atoms with Crippen molar-refractivity contribution in [2.45, 2.75) is 59.4 Å². The number of nitriles is 1. The monoisotopic (exact) mass is 1050 g/mol. The Labute approximate surface area is 447 Å². The number of nitrogens with one attached hydrogen (secondary N) is 6. The molecule has 2 saturated heterocycles. The van der Waals surface area contributed by atoms with Gasteiger partial charge in [-0.1, -0.05) is 32.0 Å². The van der Waals surface area contributed by atoms with E-state index in [9.17, 15) is 19.8 Å². The largest absolute Gasteiger partial charge is 0.508 e. The van der Waals surface area contributed by atoms with Crippen molar-refractivity contribution >= 4 is 46.5 Å². The van der Waals surface area contributed by atoms with Crippen molar-refractivity contribution in [3.8, 4) is 46.1 Å². The molecule has 2 aliphatic rings. The first-order valence-corrected chi connectivity index (χ1v) is 25.8. The predicted molar refractivity (Wildman–Crippen MR) is 293 cm³/mol. The lowest BCUT2D eigenvalue weighted by Gasteiger charge is -2.39. The van der Waals surface area contributed by atoms with E-state index in [4.69, 9.17) is 30.4 Å². The fraction of sp³-hybridized carbons (Fsp3) is 0.357. The number of hydrogen-bond donors (Lipinski definition) is 8. The molecule has 77 heavy (non-hydrogen) atoms. The van der Waals surface area contributed by atoms with E-state index in [1.54, 1.807) is 26.2 Å². The van der Waals surface area contributed by atoms with Crippen molar-refractivity contribution < 1.29 is 34.1 Å². The summed E-state index contributed by atoms with van der Waals surface area (Å²) in [6.07, 6.45) is 5.02. The second-order valence-electron chi connectivity index (χ2n) is 19.2. The van der Waals surface area contributed by atoms with Crippen LogP contribution in [0.1, 0.15) is 73.9 Å². The summed E-state index contributed by atoms with van der Waals surface area (Å²) in [6, 6.07) is 25.5. The van der Waals surface area contributed by atoms with Gasteiger partial charge in [0.25, 0.3) is 5.91 Å². The summed E-state index contributed by atoms with van der Waals surface area (Å²) in [5.74, 6) is 1.13. The average Bonchev–Trinajstić information content (AvgIpc) is 3.90. The zero-order chi connectivity index (χ0) is 54.6. The Morgan fingerprint density at radius 1 is 0.909 bits per heavy atom. The van der Waals surface area contributed by atoms with Crippen LogP contribution in [0.2, 0.25) is 0 Å². The average molecular weight is 1050 g/mol. The van der Waals surface area contributed by atoms with Gasteiger partial charge < -0.3 is 45.0 Å². The lowest BCUT2D eigenvalue weighted by atomic mass is 9.94. The second-order valence-corrected chi connectivity index (χ2v) is 19.2. The number of hydroxylamine groups is 1. The van der Waals surface area contributed by atoms with Crippen molar-refractivity contribution in [3.63, 3.8) is 0 Å². The first kappa shape index (κ1) is 54.5. The van der Waals surface area contributed by atoms with E-state index in [1.165, 1.54) is 29.4 Å². The van der Waals surface area contributed by atoms with E-state index < -0.39 is 11.7 Å². The molecule has 0 radical (unpaired) electrons. The molecule has 8 N–H and O–H groups in total. The van der Waals surface area contributed by atoms with E-state index >= 15 is 0 Å². The number of H-pyrrole nitrogens is 1. The molecule has 0 atom stereocenters. The number of aromatic amines is 1. The molecule has 2 aromatic heterocycles. The summed E-state index contributed by atoms with van der Waals surface area (Å²) in [6.45, 7) is 13.7. The molecule has 2 aliphatic heterocycles. The van der Waals surface area contributed by atoms with Crippen LogP contribution in [-0.2, 0) is 16.1 Å². The molecule has 0 unspecified atom stereocenters. The SMILES string of the molecule is CCNC(=O)C(=N)N(C(=N)c1cc(C(C)C)c(O)cc1O)c1ccc(CN2CCC(C(=O)N3CCN(c4ccc(ONCCCOc5cccc(OC)c5-c5cc(Nc6cnc(C#N)cn6)n[nH]5)c(C)c4)CC3)CC2)cc1. The molecule has 2 fully saturated rings. The first-order chi connectivity index (χ1) is 37.2. The summed E-state index contributed by atoms with van der Waals surface area (Å²) < 4.78 is 11.9. The van der Waals surface area contributed by atoms with Crippen molar-refractivity contribution in [1.29, 1.82) is 16.1 Å². The maximum absolute atomic E-state index is 13.8.